The van der Waals surface area contributed by atoms with Crippen LogP contribution in [0.15, 0.2) is 12.2 Å². The SMILES string of the molecule is N#C/C=C/C=N. The average Bonchev–Trinajstić information content (AvgIpc) is 1.61. The zero-order valence-electron chi connectivity index (χ0n) is 3.18. The predicted octanol–water partition coefficient (Wildman–Crippen LogP) is 0.716. The molecular formula is C4H4N2. The Labute approximate surface area is 36.2 Å². The maximum absolute atomic E-state index is 7.76. The summed E-state index contributed by atoms with van der Waals surface area (Å²) in [5, 5.41) is 14.1. The molecule has 0 aliphatic heterocycles. The van der Waals surface area contributed by atoms with Crippen LogP contribution < -0.4 is 0 Å². The molecule has 0 rings (SSSR count). The summed E-state index contributed by atoms with van der Waals surface area (Å²) in [5.41, 5.74) is 0. The Morgan fingerprint density at radius 3 is 2.50 bits per heavy atom. The molecule has 1 N–H and O–H groups in total. The van der Waals surface area contributed by atoms with E-state index < -0.39 is 0 Å². The Kier molecular flexibility index (Phi) is 3.19. The van der Waals surface area contributed by atoms with Crippen molar-refractivity contribution >= 4 is 6.21 Å². The van der Waals surface area contributed by atoms with Crippen LogP contribution >= 0.6 is 0 Å². The Morgan fingerprint density at radius 2 is 2.33 bits per heavy atom. The van der Waals surface area contributed by atoms with Crippen molar-refractivity contribution in [3.8, 4) is 6.07 Å². The van der Waals surface area contributed by atoms with E-state index in [4.69, 9.17) is 10.7 Å². The van der Waals surface area contributed by atoms with E-state index in [1.54, 1.807) is 6.07 Å². The molecule has 0 atom stereocenters. The third-order valence-corrected chi connectivity index (χ3v) is 0.267. The van der Waals surface area contributed by atoms with Gasteiger partial charge in [-0.15, -0.1) is 0 Å². The van der Waals surface area contributed by atoms with E-state index >= 15 is 0 Å². The van der Waals surface area contributed by atoms with Gasteiger partial charge in [-0.1, -0.05) is 0 Å². The molecule has 2 heteroatoms. The van der Waals surface area contributed by atoms with Gasteiger partial charge in [-0.3, -0.25) is 0 Å². The van der Waals surface area contributed by atoms with Crippen LogP contribution in [0.25, 0.3) is 0 Å². The lowest BCUT2D eigenvalue weighted by Gasteiger charge is -1.53. The number of nitriles is 1. The minimum atomic E-state index is 1.06. The van der Waals surface area contributed by atoms with Crippen LogP contribution in [0.5, 0.6) is 0 Å². The fourth-order valence-corrected chi connectivity index (χ4v) is 0.0911. The fourth-order valence-electron chi connectivity index (χ4n) is 0.0911. The van der Waals surface area contributed by atoms with Crippen LogP contribution in [0.3, 0.4) is 0 Å². The molecule has 0 heterocycles. The molecular weight excluding hydrogens is 76.1 g/mol. The monoisotopic (exact) mass is 80.0 g/mol. The zero-order valence-corrected chi connectivity index (χ0v) is 3.18. The zero-order chi connectivity index (χ0) is 4.83. The third-order valence-electron chi connectivity index (χ3n) is 0.267. The van der Waals surface area contributed by atoms with Gasteiger partial charge in [-0.2, -0.15) is 5.26 Å². The van der Waals surface area contributed by atoms with Gasteiger partial charge in [0, 0.05) is 12.3 Å². The predicted molar refractivity (Wildman–Crippen MR) is 23.5 cm³/mol. The maximum atomic E-state index is 7.76. The summed E-state index contributed by atoms with van der Waals surface area (Å²) >= 11 is 0. The van der Waals surface area contributed by atoms with Crippen LogP contribution in [-0.4, -0.2) is 6.21 Å². The molecule has 2 nitrogen and oxygen atoms in total. The molecule has 0 aromatic heterocycles. The van der Waals surface area contributed by atoms with E-state index in [0.29, 0.717) is 0 Å². The molecule has 0 aromatic carbocycles. The van der Waals surface area contributed by atoms with E-state index in [2.05, 4.69) is 0 Å². The minimum Gasteiger partial charge on any atom is -0.309 e. The Morgan fingerprint density at radius 1 is 1.67 bits per heavy atom. The highest BCUT2D eigenvalue weighted by atomic mass is 14.3. The lowest BCUT2D eigenvalue weighted by atomic mass is 10.6. The Hall–Kier alpha value is -1.10. The van der Waals surface area contributed by atoms with Crippen molar-refractivity contribution in [3.63, 3.8) is 0 Å². The number of rotatable bonds is 1. The van der Waals surface area contributed by atoms with E-state index in [-0.39, 0.29) is 0 Å². The Bertz CT molecular complexity index is 96.6. The number of hydrogen-bond donors (Lipinski definition) is 1. The van der Waals surface area contributed by atoms with Crippen LogP contribution in [-0.2, 0) is 0 Å². The fraction of sp³-hybridized carbons (Fsp3) is 0. The average molecular weight is 80.1 g/mol. The highest BCUT2D eigenvalue weighted by Crippen LogP contribution is 1.57. The number of nitrogens with zero attached hydrogens (tertiary/aromatic N) is 1. The molecule has 0 saturated carbocycles. The standard InChI is InChI=1S/C4H4N2/c5-3-1-2-4-6/h1-3,5H/b2-1+,5-3?. The first-order valence-corrected chi connectivity index (χ1v) is 1.47. The van der Waals surface area contributed by atoms with Gasteiger partial charge in [0.25, 0.3) is 0 Å². The van der Waals surface area contributed by atoms with E-state index in [9.17, 15) is 0 Å². The molecule has 0 aliphatic rings. The second kappa shape index (κ2) is 3.90. The summed E-state index contributed by atoms with van der Waals surface area (Å²) in [7, 11) is 0. The van der Waals surface area contributed by atoms with Gasteiger partial charge in [-0.25, -0.2) is 0 Å². The van der Waals surface area contributed by atoms with Crippen molar-refractivity contribution < 1.29 is 0 Å². The summed E-state index contributed by atoms with van der Waals surface area (Å²) in [6.07, 6.45) is 3.66. The first kappa shape index (κ1) is 4.90. The second-order valence-corrected chi connectivity index (χ2v) is 0.655. The molecule has 6 heavy (non-hydrogen) atoms. The molecule has 0 bridgehead atoms. The van der Waals surface area contributed by atoms with E-state index in [1.165, 1.54) is 12.2 Å². The minimum absolute atomic E-state index is 1.06. The van der Waals surface area contributed by atoms with Crippen LogP contribution in [0, 0.1) is 16.7 Å². The van der Waals surface area contributed by atoms with Crippen molar-refractivity contribution in [2.75, 3.05) is 0 Å². The highest BCUT2D eigenvalue weighted by molar-refractivity contribution is 5.68. The summed E-state index contributed by atoms with van der Waals surface area (Å²) in [6.45, 7) is 0. The normalized spacial score (nSPS) is 7.83. The smallest absolute Gasteiger partial charge is 0.0912 e. The molecule has 0 aliphatic carbocycles. The molecule has 0 amide bonds. The van der Waals surface area contributed by atoms with Crippen molar-refractivity contribution in [3.05, 3.63) is 12.2 Å². The maximum Gasteiger partial charge on any atom is 0.0912 e. The molecule has 0 spiro atoms. The highest BCUT2D eigenvalue weighted by Gasteiger charge is 1.52. The lowest BCUT2D eigenvalue weighted by molar-refractivity contribution is 1.53. The van der Waals surface area contributed by atoms with Gasteiger partial charge in [-0.05, 0) is 6.08 Å². The largest absolute Gasteiger partial charge is 0.309 e. The first-order valence-electron chi connectivity index (χ1n) is 1.47. The van der Waals surface area contributed by atoms with Gasteiger partial charge in [0.05, 0.1) is 6.07 Å². The summed E-state index contributed by atoms with van der Waals surface area (Å²) in [4.78, 5) is 0. The summed E-state index contributed by atoms with van der Waals surface area (Å²) in [6, 6.07) is 1.74. The van der Waals surface area contributed by atoms with Crippen molar-refractivity contribution in [1.29, 1.82) is 10.7 Å². The summed E-state index contributed by atoms with van der Waals surface area (Å²) < 4.78 is 0. The third kappa shape index (κ3) is 2.90. The van der Waals surface area contributed by atoms with Gasteiger partial charge >= 0.3 is 0 Å². The first-order chi connectivity index (χ1) is 2.91. The molecule has 0 unspecified atom stereocenters. The van der Waals surface area contributed by atoms with Crippen molar-refractivity contribution in [2.24, 2.45) is 0 Å². The molecule has 0 saturated heterocycles. The van der Waals surface area contributed by atoms with Crippen LogP contribution in [0.4, 0.5) is 0 Å². The summed E-state index contributed by atoms with van der Waals surface area (Å²) in [5.74, 6) is 0. The molecule has 0 fully saturated rings. The number of nitrogens with one attached hydrogen (secondary N) is 1. The number of allylic oxidation sites excluding steroid dienone is 2. The van der Waals surface area contributed by atoms with Crippen molar-refractivity contribution in [2.45, 2.75) is 0 Å². The Balaban J connectivity index is 3.26. The quantitative estimate of drug-likeness (QED) is 0.366. The molecule has 30 valence electrons. The van der Waals surface area contributed by atoms with Gasteiger partial charge in [0.2, 0.25) is 0 Å². The second-order valence-electron chi connectivity index (χ2n) is 0.655. The molecule has 0 aromatic rings. The van der Waals surface area contributed by atoms with Gasteiger partial charge in [0.15, 0.2) is 0 Å². The van der Waals surface area contributed by atoms with Crippen LogP contribution in [0.2, 0.25) is 0 Å². The molecule has 0 radical (unpaired) electrons. The van der Waals surface area contributed by atoms with E-state index in [1.807, 2.05) is 0 Å². The number of hydrogen-bond acceptors (Lipinski definition) is 2. The lowest BCUT2D eigenvalue weighted by Crippen LogP contribution is -1.50. The van der Waals surface area contributed by atoms with Crippen LogP contribution in [0.1, 0.15) is 0 Å². The van der Waals surface area contributed by atoms with Crippen molar-refractivity contribution in [1.82, 2.24) is 0 Å². The van der Waals surface area contributed by atoms with E-state index in [0.717, 1.165) is 6.21 Å². The topological polar surface area (TPSA) is 47.6 Å². The van der Waals surface area contributed by atoms with Gasteiger partial charge < -0.3 is 5.41 Å². The van der Waals surface area contributed by atoms with Gasteiger partial charge in [0.1, 0.15) is 0 Å².